The van der Waals surface area contributed by atoms with Crippen molar-refractivity contribution in [2.75, 3.05) is 11.4 Å². The van der Waals surface area contributed by atoms with Crippen LogP contribution in [0.4, 0.5) is 5.82 Å². The van der Waals surface area contributed by atoms with Gasteiger partial charge in [-0.15, -0.1) is 0 Å². The molecule has 1 aromatic heterocycles. The Morgan fingerprint density at radius 3 is 2.73 bits per heavy atom. The van der Waals surface area contributed by atoms with Gasteiger partial charge in [0.15, 0.2) is 0 Å². The Morgan fingerprint density at radius 2 is 2.20 bits per heavy atom. The summed E-state index contributed by atoms with van der Waals surface area (Å²) in [5.41, 5.74) is 2.50. The number of hydrogen-bond donors (Lipinski definition) is 1. The Morgan fingerprint density at radius 1 is 1.47 bits per heavy atom. The molecule has 0 bridgehead atoms. The maximum atomic E-state index is 11.6. The lowest BCUT2D eigenvalue weighted by Gasteiger charge is -2.13. The van der Waals surface area contributed by atoms with Crippen molar-refractivity contribution in [2.24, 2.45) is 0 Å². The number of amides is 1. The maximum Gasteiger partial charge on any atom is 0.228 e. The van der Waals surface area contributed by atoms with Crippen LogP contribution in [-0.4, -0.2) is 17.4 Å². The molecule has 0 aliphatic carbocycles. The van der Waals surface area contributed by atoms with Gasteiger partial charge in [0.05, 0.1) is 5.56 Å². The zero-order valence-electron chi connectivity index (χ0n) is 8.92. The van der Waals surface area contributed by atoms with Crippen LogP contribution >= 0.6 is 0 Å². The number of aromatic amines is 1. The first-order valence-electron chi connectivity index (χ1n) is 5.04. The van der Waals surface area contributed by atoms with Gasteiger partial charge in [0.2, 0.25) is 5.91 Å². The van der Waals surface area contributed by atoms with E-state index in [9.17, 15) is 4.79 Å². The Hall–Kier alpha value is -1.76. The maximum absolute atomic E-state index is 11.6. The van der Waals surface area contributed by atoms with E-state index in [2.05, 4.69) is 11.1 Å². The third-order valence-electron chi connectivity index (χ3n) is 2.94. The summed E-state index contributed by atoms with van der Waals surface area (Å²) in [7, 11) is 0. The number of nitrogens with zero attached hydrogens (tertiary/aromatic N) is 2. The first-order chi connectivity index (χ1) is 7.15. The molecule has 0 spiro atoms. The number of hydrogen-bond acceptors (Lipinski definition) is 2. The zero-order chi connectivity index (χ0) is 11.0. The van der Waals surface area contributed by atoms with Gasteiger partial charge in [-0.25, -0.2) is 0 Å². The number of aryl methyl sites for hydroxylation is 1. The Labute approximate surface area is 88.5 Å². The van der Waals surface area contributed by atoms with Crippen molar-refractivity contribution >= 4 is 11.7 Å². The van der Waals surface area contributed by atoms with Gasteiger partial charge in [-0.1, -0.05) is 0 Å². The number of nitrogens with one attached hydrogen (secondary N) is 1. The lowest BCUT2D eigenvalue weighted by Crippen LogP contribution is -2.24. The van der Waals surface area contributed by atoms with Gasteiger partial charge >= 0.3 is 0 Å². The standard InChI is InChI=1S/C11H13N3O/c1-7-8(2)13-11(9(7)6-12)14-5-3-4-10(14)15/h13H,3-5H2,1-2H3. The molecule has 15 heavy (non-hydrogen) atoms. The van der Waals surface area contributed by atoms with Crippen LogP contribution in [0.2, 0.25) is 0 Å². The number of H-pyrrole nitrogens is 1. The molecular weight excluding hydrogens is 190 g/mol. The molecule has 0 unspecified atom stereocenters. The number of anilines is 1. The molecule has 1 fully saturated rings. The fourth-order valence-corrected chi connectivity index (χ4v) is 1.92. The topological polar surface area (TPSA) is 59.9 Å². The molecule has 1 amide bonds. The van der Waals surface area contributed by atoms with Gasteiger partial charge in [-0.3, -0.25) is 9.69 Å². The van der Waals surface area contributed by atoms with Gasteiger partial charge < -0.3 is 4.98 Å². The summed E-state index contributed by atoms with van der Waals surface area (Å²) in [4.78, 5) is 16.4. The number of rotatable bonds is 1. The van der Waals surface area contributed by atoms with E-state index in [0.717, 1.165) is 17.7 Å². The van der Waals surface area contributed by atoms with E-state index >= 15 is 0 Å². The quantitative estimate of drug-likeness (QED) is 0.754. The van der Waals surface area contributed by atoms with Gasteiger partial charge in [-0.05, 0) is 25.8 Å². The SMILES string of the molecule is Cc1[nH]c(N2CCCC2=O)c(C#N)c1C. The third-order valence-corrected chi connectivity index (χ3v) is 2.94. The van der Waals surface area contributed by atoms with E-state index in [1.165, 1.54) is 0 Å². The fraction of sp³-hybridized carbons (Fsp3) is 0.455. The van der Waals surface area contributed by atoms with Crippen molar-refractivity contribution < 1.29 is 4.79 Å². The van der Waals surface area contributed by atoms with Crippen LogP contribution in [0.5, 0.6) is 0 Å². The molecule has 2 heterocycles. The molecule has 1 N–H and O–H groups in total. The van der Waals surface area contributed by atoms with E-state index in [-0.39, 0.29) is 5.91 Å². The summed E-state index contributed by atoms with van der Waals surface area (Å²) in [6.07, 6.45) is 1.46. The number of aromatic nitrogens is 1. The van der Waals surface area contributed by atoms with Crippen molar-refractivity contribution in [1.82, 2.24) is 4.98 Å². The summed E-state index contributed by atoms with van der Waals surface area (Å²) >= 11 is 0. The molecule has 1 saturated heterocycles. The highest BCUT2D eigenvalue weighted by Crippen LogP contribution is 2.28. The zero-order valence-corrected chi connectivity index (χ0v) is 8.92. The normalized spacial score (nSPS) is 15.8. The first-order valence-corrected chi connectivity index (χ1v) is 5.04. The van der Waals surface area contributed by atoms with Crippen LogP contribution in [0.25, 0.3) is 0 Å². The van der Waals surface area contributed by atoms with Crippen molar-refractivity contribution in [3.05, 3.63) is 16.8 Å². The van der Waals surface area contributed by atoms with Crippen molar-refractivity contribution in [3.63, 3.8) is 0 Å². The first kappa shape index (κ1) is 9.78. The highest BCUT2D eigenvalue weighted by Gasteiger charge is 2.26. The second kappa shape index (κ2) is 3.43. The minimum absolute atomic E-state index is 0.104. The van der Waals surface area contributed by atoms with Crippen LogP contribution in [0, 0.1) is 25.2 Å². The Kier molecular flexibility index (Phi) is 2.24. The van der Waals surface area contributed by atoms with Crippen molar-refractivity contribution in [2.45, 2.75) is 26.7 Å². The van der Waals surface area contributed by atoms with Crippen LogP contribution in [-0.2, 0) is 4.79 Å². The van der Waals surface area contributed by atoms with E-state index in [4.69, 9.17) is 5.26 Å². The molecular formula is C11H13N3O. The van der Waals surface area contributed by atoms with Gasteiger partial charge in [0, 0.05) is 18.7 Å². The summed E-state index contributed by atoms with van der Waals surface area (Å²) < 4.78 is 0. The summed E-state index contributed by atoms with van der Waals surface area (Å²) in [5, 5.41) is 9.05. The lowest BCUT2D eigenvalue weighted by atomic mass is 10.2. The fourth-order valence-electron chi connectivity index (χ4n) is 1.92. The van der Waals surface area contributed by atoms with Crippen LogP contribution in [0.3, 0.4) is 0 Å². The lowest BCUT2D eigenvalue weighted by molar-refractivity contribution is -0.117. The van der Waals surface area contributed by atoms with Crippen LogP contribution in [0.15, 0.2) is 0 Å². The molecule has 1 aliphatic heterocycles. The molecule has 2 rings (SSSR count). The van der Waals surface area contributed by atoms with E-state index in [0.29, 0.717) is 24.3 Å². The molecule has 0 atom stereocenters. The number of nitriles is 1. The molecule has 0 saturated carbocycles. The largest absolute Gasteiger partial charge is 0.344 e. The highest BCUT2D eigenvalue weighted by atomic mass is 16.2. The smallest absolute Gasteiger partial charge is 0.228 e. The molecule has 4 heteroatoms. The van der Waals surface area contributed by atoms with Crippen molar-refractivity contribution in [1.29, 1.82) is 5.26 Å². The molecule has 0 aromatic carbocycles. The molecule has 1 aromatic rings. The third kappa shape index (κ3) is 1.40. The van der Waals surface area contributed by atoms with Crippen LogP contribution in [0.1, 0.15) is 29.7 Å². The van der Waals surface area contributed by atoms with E-state index in [1.807, 2.05) is 13.8 Å². The molecule has 4 nitrogen and oxygen atoms in total. The summed E-state index contributed by atoms with van der Waals surface area (Å²) in [6, 6.07) is 2.16. The Bertz CT molecular complexity index is 453. The molecule has 1 aliphatic rings. The van der Waals surface area contributed by atoms with Crippen LogP contribution < -0.4 is 4.90 Å². The predicted octanol–water partition coefficient (Wildman–Crippen LogP) is 1.63. The monoisotopic (exact) mass is 203 g/mol. The molecule has 78 valence electrons. The number of carbonyl (C=O) groups is 1. The minimum atomic E-state index is 0.104. The average molecular weight is 203 g/mol. The predicted molar refractivity (Wildman–Crippen MR) is 56.6 cm³/mol. The van der Waals surface area contributed by atoms with Gasteiger partial charge in [0.1, 0.15) is 11.9 Å². The van der Waals surface area contributed by atoms with E-state index < -0.39 is 0 Å². The molecule has 0 radical (unpaired) electrons. The minimum Gasteiger partial charge on any atom is -0.344 e. The summed E-state index contributed by atoms with van der Waals surface area (Å²) in [6.45, 7) is 4.53. The second-order valence-corrected chi connectivity index (χ2v) is 3.86. The Balaban J connectivity index is 2.49. The van der Waals surface area contributed by atoms with Gasteiger partial charge in [-0.2, -0.15) is 5.26 Å². The summed E-state index contributed by atoms with van der Waals surface area (Å²) in [5.74, 6) is 0.780. The second-order valence-electron chi connectivity index (χ2n) is 3.86. The van der Waals surface area contributed by atoms with E-state index in [1.54, 1.807) is 4.90 Å². The highest BCUT2D eigenvalue weighted by molar-refractivity contribution is 5.96. The average Bonchev–Trinajstić information content (AvgIpc) is 2.73. The number of carbonyl (C=O) groups excluding carboxylic acids is 1. The van der Waals surface area contributed by atoms with Crippen molar-refractivity contribution in [3.8, 4) is 6.07 Å². The van der Waals surface area contributed by atoms with Gasteiger partial charge in [0.25, 0.3) is 0 Å².